The van der Waals surface area contributed by atoms with E-state index in [9.17, 15) is 4.39 Å². The van der Waals surface area contributed by atoms with E-state index in [0.717, 1.165) is 11.5 Å². The second-order valence-corrected chi connectivity index (χ2v) is 6.11. The van der Waals surface area contributed by atoms with Gasteiger partial charge < -0.3 is 15.4 Å². The first-order valence-corrected chi connectivity index (χ1v) is 8.58. The highest BCUT2D eigenvalue weighted by molar-refractivity contribution is 5.79. The number of guanidine groups is 1. The van der Waals surface area contributed by atoms with Crippen molar-refractivity contribution in [3.8, 4) is 11.6 Å². The molecule has 1 aromatic heterocycles. The van der Waals surface area contributed by atoms with E-state index < -0.39 is 0 Å². The molecule has 1 aliphatic carbocycles. The summed E-state index contributed by atoms with van der Waals surface area (Å²) in [6.45, 7) is 0.620. The van der Waals surface area contributed by atoms with Crippen molar-refractivity contribution in [1.29, 1.82) is 0 Å². The molecule has 2 aromatic rings. The third-order valence-electron chi connectivity index (χ3n) is 4.21. The van der Waals surface area contributed by atoms with Gasteiger partial charge in [-0.2, -0.15) is 0 Å². The molecular weight excluding hydrogens is 319 g/mol. The van der Waals surface area contributed by atoms with Crippen LogP contribution in [0.3, 0.4) is 0 Å². The Morgan fingerprint density at radius 3 is 2.72 bits per heavy atom. The van der Waals surface area contributed by atoms with Crippen LogP contribution < -0.4 is 15.4 Å². The maximum atomic E-state index is 12.9. The number of ether oxygens (including phenoxy) is 1. The fourth-order valence-electron chi connectivity index (χ4n) is 2.88. The molecule has 1 fully saturated rings. The normalized spacial score (nSPS) is 15.2. The van der Waals surface area contributed by atoms with Crippen molar-refractivity contribution >= 4 is 5.96 Å². The fraction of sp³-hybridized carbons (Fsp3) is 0.368. The minimum absolute atomic E-state index is 0.292. The zero-order valence-corrected chi connectivity index (χ0v) is 14.3. The lowest BCUT2D eigenvalue weighted by atomic mass is 10.2. The minimum Gasteiger partial charge on any atom is -0.439 e. The molecule has 3 rings (SSSR count). The first kappa shape index (κ1) is 17.2. The molecule has 25 heavy (non-hydrogen) atoms. The zero-order valence-electron chi connectivity index (χ0n) is 14.3. The number of aromatic nitrogens is 1. The average molecular weight is 342 g/mol. The molecular formula is C19H23FN4O. The molecule has 1 saturated carbocycles. The summed E-state index contributed by atoms with van der Waals surface area (Å²) in [6.07, 6.45) is 6.66. The van der Waals surface area contributed by atoms with Gasteiger partial charge in [-0.3, -0.25) is 4.99 Å². The molecule has 2 N–H and O–H groups in total. The lowest BCUT2D eigenvalue weighted by molar-refractivity contribution is 0.460. The Morgan fingerprint density at radius 2 is 2.00 bits per heavy atom. The summed E-state index contributed by atoms with van der Waals surface area (Å²) < 4.78 is 18.6. The van der Waals surface area contributed by atoms with Crippen molar-refractivity contribution in [2.45, 2.75) is 38.3 Å². The summed E-state index contributed by atoms with van der Waals surface area (Å²) in [7, 11) is 1.78. The van der Waals surface area contributed by atoms with Gasteiger partial charge >= 0.3 is 0 Å². The van der Waals surface area contributed by atoms with Crippen LogP contribution in [0.15, 0.2) is 47.6 Å². The van der Waals surface area contributed by atoms with E-state index in [1.165, 1.54) is 37.8 Å². The monoisotopic (exact) mass is 342 g/mol. The Balaban J connectivity index is 1.56. The third-order valence-corrected chi connectivity index (χ3v) is 4.21. The van der Waals surface area contributed by atoms with Gasteiger partial charge in [-0.05, 0) is 48.7 Å². The molecule has 5 nitrogen and oxygen atoms in total. The molecule has 0 aliphatic heterocycles. The quantitative estimate of drug-likeness (QED) is 0.644. The van der Waals surface area contributed by atoms with Crippen LogP contribution in [0.4, 0.5) is 4.39 Å². The predicted molar refractivity (Wildman–Crippen MR) is 96.3 cm³/mol. The maximum Gasteiger partial charge on any atom is 0.219 e. The average Bonchev–Trinajstić information content (AvgIpc) is 3.14. The summed E-state index contributed by atoms with van der Waals surface area (Å²) in [5, 5.41) is 6.77. The lowest BCUT2D eigenvalue weighted by Crippen LogP contribution is -2.41. The molecule has 0 saturated heterocycles. The Morgan fingerprint density at radius 1 is 1.24 bits per heavy atom. The van der Waals surface area contributed by atoms with Crippen molar-refractivity contribution in [1.82, 2.24) is 15.6 Å². The lowest BCUT2D eigenvalue weighted by Gasteiger charge is -2.17. The number of halogens is 1. The van der Waals surface area contributed by atoms with Crippen LogP contribution in [0.1, 0.15) is 31.2 Å². The Hall–Kier alpha value is -2.63. The minimum atomic E-state index is -0.292. The van der Waals surface area contributed by atoms with Crippen molar-refractivity contribution in [2.24, 2.45) is 4.99 Å². The number of nitrogens with zero attached hydrogens (tertiary/aromatic N) is 2. The van der Waals surface area contributed by atoms with Gasteiger partial charge in [0.2, 0.25) is 5.88 Å². The van der Waals surface area contributed by atoms with Crippen molar-refractivity contribution < 1.29 is 9.13 Å². The van der Waals surface area contributed by atoms with Crippen LogP contribution in [-0.2, 0) is 6.54 Å². The topological polar surface area (TPSA) is 58.5 Å². The molecule has 0 atom stereocenters. The van der Waals surface area contributed by atoms with Crippen LogP contribution >= 0.6 is 0 Å². The number of benzene rings is 1. The van der Waals surface area contributed by atoms with Gasteiger partial charge in [0.25, 0.3) is 0 Å². The van der Waals surface area contributed by atoms with Crippen LogP contribution in [0.2, 0.25) is 0 Å². The standard InChI is InChI=1S/C19H23FN4O/c1-21-19(24-16-4-2-3-5-16)23-13-14-10-11-22-18(12-14)25-17-8-6-15(20)7-9-17/h6-12,16H,2-5,13H2,1H3,(H2,21,23,24). The van der Waals surface area contributed by atoms with E-state index in [-0.39, 0.29) is 5.82 Å². The van der Waals surface area contributed by atoms with Crippen molar-refractivity contribution in [3.63, 3.8) is 0 Å². The molecule has 0 amide bonds. The Kier molecular flexibility index (Phi) is 5.82. The van der Waals surface area contributed by atoms with Crippen LogP contribution in [-0.4, -0.2) is 24.0 Å². The second-order valence-electron chi connectivity index (χ2n) is 6.11. The van der Waals surface area contributed by atoms with E-state index in [1.807, 2.05) is 12.1 Å². The second kappa shape index (κ2) is 8.46. The maximum absolute atomic E-state index is 12.9. The zero-order chi connectivity index (χ0) is 17.5. The van der Waals surface area contributed by atoms with Gasteiger partial charge in [-0.15, -0.1) is 0 Å². The predicted octanol–water partition coefficient (Wildman–Crippen LogP) is 3.62. The number of rotatable bonds is 5. The first-order chi connectivity index (χ1) is 12.2. The molecule has 0 spiro atoms. The molecule has 6 heteroatoms. The first-order valence-electron chi connectivity index (χ1n) is 8.58. The smallest absolute Gasteiger partial charge is 0.219 e. The number of hydrogen-bond acceptors (Lipinski definition) is 3. The largest absolute Gasteiger partial charge is 0.439 e. The highest BCUT2D eigenvalue weighted by Gasteiger charge is 2.15. The van der Waals surface area contributed by atoms with E-state index in [4.69, 9.17) is 4.74 Å². The fourth-order valence-corrected chi connectivity index (χ4v) is 2.88. The number of pyridine rings is 1. The van der Waals surface area contributed by atoms with E-state index in [1.54, 1.807) is 25.4 Å². The molecule has 1 heterocycles. The van der Waals surface area contributed by atoms with Crippen molar-refractivity contribution in [2.75, 3.05) is 7.05 Å². The number of nitrogens with one attached hydrogen (secondary N) is 2. The van der Waals surface area contributed by atoms with Crippen LogP contribution in [0, 0.1) is 5.82 Å². The molecule has 0 bridgehead atoms. The Labute approximate surface area is 147 Å². The summed E-state index contributed by atoms with van der Waals surface area (Å²) in [5.74, 6) is 1.55. The highest BCUT2D eigenvalue weighted by Crippen LogP contribution is 2.20. The number of aliphatic imine (C=N–C) groups is 1. The van der Waals surface area contributed by atoms with Crippen molar-refractivity contribution in [3.05, 3.63) is 54.0 Å². The summed E-state index contributed by atoms with van der Waals surface area (Å²) in [5.41, 5.74) is 1.03. The summed E-state index contributed by atoms with van der Waals surface area (Å²) in [4.78, 5) is 8.47. The van der Waals surface area contributed by atoms with E-state index >= 15 is 0 Å². The van der Waals surface area contributed by atoms with Crippen LogP contribution in [0.25, 0.3) is 0 Å². The number of hydrogen-bond donors (Lipinski definition) is 2. The third kappa shape index (κ3) is 5.17. The molecule has 0 radical (unpaired) electrons. The van der Waals surface area contributed by atoms with Gasteiger partial charge in [0.15, 0.2) is 5.96 Å². The Bertz CT molecular complexity index is 712. The molecule has 1 aromatic carbocycles. The molecule has 132 valence electrons. The van der Waals surface area contributed by atoms with Gasteiger partial charge in [0.1, 0.15) is 11.6 Å². The highest BCUT2D eigenvalue weighted by atomic mass is 19.1. The van der Waals surface area contributed by atoms with Gasteiger partial charge in [0.05, 0.1) is 0 Å². The summed E-state index contributed by atoms with van der Waals surface area (Å²) in [6, 6.07) is 10.2. The van der Waals surface area contributed by atoms with E-state index in [2.05, 4.69) is 20.6 Å². The summed E-state index contributed by atoms with van der Waals surface area (Å²) >= 11 is 0. The van der Waals surface area contributed by atoms with E-state index in [0.29, 0.717) is 24.2 Å². The SMILES string of the molecule is CN=C(NCc1ccnc(Oc2ccc(F)cc2)c1)NC1CCCC1. The van der Waals surface area contributed by atoms with Gasteiger partial charge in [-0.25, -0.2) is 9.37 Å². The molecule has 1 aliphatic rings. The molecule has 0 unspecified atom stereocenters. The van der Waals surface area contributed by atoms with Gasteiger partial charge in [0, 0.05) is 31.9 Å². The van der Waals surface area contributed by atoms with Crippen LogP contribution in [0.5, 0.6) is 11.6 Å². The van der Waals surface area contributed by atoms with Gasteiger partial charge in [-0.1, -0.05) is 12.8 Å².